The van der Waals surface area contributed by atoms with Crippen molar-refractivity contribution in [2.45, 2.75) is 18.4 Å². The summed E-state index contributed by atoms with van der Waals surface area (Å²) >= 11 is 1.57. The van der Waals surface area contributed by atoms with Crippen molar-refractivity contribution in [1.29, 1.82) is 0 Å². The Balaban J connectivity index is 1.95. The molecule has 0 radical (unpaired) electrons. The van der Waals surface area contributed by atoms with E-state index in [4.69, 9.17) is 0 Å². The minimum atomic E-state index is -0.860. The molecule has 0 bridgehead atoms. The van der Waals surface area contributed by atoms with Gasteiger partial charge in [-0.1, -0.05) is 18.2 Å². The zero-order valence-electron chi connectivity index (χ0n) is 11.3. The van der Waals surface area contributed by atoms with Crippen molar-refractivity contribution >= 4 is 23.4 Å². The molecule has 0 aromatic heterocycles. The maximum atomic E-state index is 12.2. The standard InChI is InChI=1S/C14H20N2O2S/c1-14(18,9-19-2)8-16-13(17)11-7-15-12-6-4-3-5-10(11)12/h3-6,11,15,18H,7-9H2,1-2H3,(H,16,17). The van der Waals surface area contributed by atoms with Crippen LogP contribution in [0.4, 0.5) is 5.69 Å². The number of anilines is 1. The Bertz CT molecular complexity index is 463. The second-order valence-electron chi connectivity index (χ2n) is 5.17. The maximum Gasteiger partial charge on any atom is 0.229 e. The van der Waals surface area contributed by atoms with Crippen LogP contribution in [0, 0.1) is 0 Å². The third-order valence-electron chi connectivity index (χ3n) is 3.25. The molecular formula is C14H20N2O2S. The molecule has 1 heterocycles. The van der Waals surface area contributed by atoms with E-state index in [1.807, 2.05) is 30.5 Å². The van der Waals surface area contributed by atoms with E-state index in [0.717, 1.165) is 11.3 Å². The predicted molar refractivity (Wildman–Crippen MR) is 79.7 cm³/mol. The largest absolute Gasteiger partial charge is 0.387 e. The van der Waals surface area contributed by atoms with Crippen LogP contribution in [0.1, 0.15) is 18.4 Å². The lowest BCUT2D eigenvalue weighted by atomic mass is 10.00. The third kappa shape index (κ3) is 3.42. The van der Waals surface area contributed by atoms with Crippen LogP contribution >= 0.6 is 11.8 Å². The number of aliphatic hydroxyl groups is 1. The van der Waals surface area contributed by atoms with E-state index in [1.54, 1.807) is 18.7 Å². The highest BCUT2D eigenvalue weighted by molar-refractivity contribution is 7.98. The third-order valence-corrected chi connectivity index (χ3v) is 4.16. The molecule has 2 atom stereocenters. The molecule has 0 aliphatic carbocycles. The van der Waals surface area contributed by atoms with Crippen LogP contribution in [0.25, 0.3) is 0 Å². The molecule has 4 nitrogen and oxygen atoms in total. The normalized spacial score (nSPS) is 20.3. The molecule has 0 saturated heterocycles. The number of carbonyl (C=O) groups excluding carboxylic acids is 1. The first-order valence-electron chi connectivity index (χ1n) is 6.35. The van der Waals surface area contributed by atoms with Crippen molar-refractivity contribution in [1.82, 2.24) is 5.32 Å². The molecule has 0 fully saturated rings. The summed E-state index contributed by atoms with van der Waals surface area (Å²) in [6.07, 6.45) is 1.94. The van der Waals surface area contributed by atoms with Gasteiger partial charge in [0, 0.05) is 24.5 Å². The minimum Gasteiger partial charge on any atom is -0.387 e. The first-order chi connectivity index (χ1) is 9.03. The summed E-state index contributed by atoms with van der Waals surface area (Å²) in [5, 5.41) is 16.1. The van der Waals surface area contributed by atoms with Gasteiger partial charge in [-0.15, -0.1) is 0 Å². The van der Waals surface area contributed by atoms with Crippen molar-refractivity contribution in [3.63, 3.8) is 0 Å². The molecular weight excluding hydrogens is 260 g/mol. The summed E-state index contributed by atoms with van der Waals surface area (Å²) in [4.78, 5) is 12.2. The van der Waals surface area contributed by atoms with Crippen molar-refractivity contribution < 1.29 is 9.90 Å². The topological polar surface area (TPSA) is 61.4 Å². The fourth-order valence-corrected chi connectivity index (χ4v) is 3.00. The van der Waals surface area contributed by atoms with Crippen LogP contribution in [-0.2, 0) is 4.79 Å². The smallest absolute Gasteiger partial charge is 0.229 e. The molecule has 0 saturated carbocycles. The van der Waals surface area contributed by atoms with Crippen molar-refractivity contribution in [2.75, 3.05) is 30.4 Å². The number of carbonyl (C=O) groups is 1. The summed E-state index contributed by atoms with van der Waals surface area (Å²) in [6, 6.07) is 7.84. The SMILES string of the molecule is CSCC(C)(O)CNC(=O)C1CNc2ccccc21. The Morgan fingerprint density at radius 1 is 1.58 bits per heavy atom. The Morgan fingerprint density at radius 3 is 3.05 bits per heavy atom. The van der Waals surface area contributed by atoms with Gasteiger partial charge >= 0.3 is 0 Å². The first-order valence-corrected chi connectivity index (χ1v) is 7.75. The van der Waals surface area contributed by atoms with Gasteiger partial charge < -0.3 is 15.7 Å². The van der Waals surface area contributed by atoms with E-state index in [9.17, 15) is 9.90 Å². The van der Waals surface area contributed by atoms with Crippen LogP contribution in [0.15, 0.2) is 24.3 Å². The highest BCUT2D eigenvalue weighted by Crippen LogP contribution is 2.31. The number of rotatable bonds is 5. The van der Waals surface area contributed by atoms with Gasteiger partial charge in [-0.25, -0.2) is 0 Å². The second-order valence-corrected chi connectivity index (χ2v) is 6.03. The number of nitrogens with one attached hydrogen (secondary N) is 2. The average Bonchev–Trinajstić information content (AvgIpc) is 2.80. The highest BCUT2D eigenvalue weighted by atomic mass is 32.2. The van der Waals surface area contributed by atoms with Gasteiger partial charge in [0.05, 0.1) is 11.5 Å². The number of para-hydroxylation sites is 1. The van der Waals surface area contributed by atoms with Gasteiger partial charge in [-0.2, -0.15) is 11.8 Å². The van der Waals surface area contributed by atoms with Gasteiger partial charge in [0.25, 0.3) is 0 Å². The van der Waals surface area contributed by atoms with E-state index in [1.165, 1.54) is 0 Å². The molecule has 2 rings (SSSR count). The van der Waals surface area contributed by atoms with E-state index in [-0.39, 0.29) is 18.4 Å². The van der Waals surface area contributed by atoms with Crippen LogP contribution in [-0.4, -0.2) is 41.7 Å². The van der Waals surface area contributed by atoms with E-state index in [0.29, 0.717) is 12.3 Å². The van der Waals surface area contributed by atoms with E-state index in [2.05, 4.69) is 10.6 Å². The molecule has 5 heteroatoms. The molecule has 1 aromatic rings. The molecule has 1 amide bonds. The molecule has 104 valence electrons. The van der Waals surface area contributed by atoms with Crippen molar-refractivity contribution in [3.05, 3.63) is 29.8 Å². The zero-order valence-corrected chi connectivity index (χ0v) is 12.1. The molecule has 3 N–H and O–H groups in total. The van der Waals surface area contributed by atoms with Crippen LogP contribution in [0.2, 0.25) is 0 Å². The Labute approximate surface area is 118 Å². The molecule has 2 unspecified atom stereocenters. The lowest BCUT2D eigenvalue weighted by molar-refractivity contribution is -0.123. The highest BCUT2D eigenvalue weighted by Gasteiger charge is 2.29. The summed E-state index contributed by atoms with van der Waals surface area (Å²) in [5.74, 6) is 0.410. The lowest BCUT2D eigenvalue weighted by Gasteiger charge is -2.23. The number of thioether (sulfide) groups is 1. The zero-order chi connectivity index (χ0) is 13.9. The summed E-state index contributed by atoms with van der Waals surface area (Å²) in [5.41, 5.74) is 1.20. The van der Waals surface area contributed by atoms with Crippen molar-refractivity contribution in [2.24, 2.45) is 0 Å². The van der Waals surface area contributed by atoms with Crippen LogP contribution in [0.5, 0.6) is 0 Å². The number of benzene rings is 1. The fraction of sp³-hybridized carbons (Fsp3) is 0.500. The van der Waals surface area contributed by atoms with E-state index >= 15 is 0 Å². The molecule has 1 aliphatic heterocycles. The van der Waals surface area contributed by atoms with Crippen LogP contribution < -0.4 is 10.6 Å². The number of amides is 1. The van der Waals surface area contributed by atoms with Gasteiger partial charge in [-0.05, 0) is 24.8 Å². The fourth-order valence-electron chi connectivity index (χ4n) is 2.28. The Hall–Kier alpha value is -1.20. The maximum absolute atomic E-state index is 12.2. The Morgan fingerprint density at radius 2 is 2.32 bits per heavy atom. The number of fused-ring (bicyclic) bond motifs is 1. The Kier molecular flexibility index (Phi) is 4.37. The number of hydrogen-bond acceptors (Lipinski definition) is 4. The monoisotopic (exact) mass is 280 g/mol. The molecule has 1 aromatic carbocycles. The first kappa shape index (κ1) is 14.2. The summed E-state index contributed by atoms with van der Waals surface area (Å²) < 4.78 is 0. The van der Waals surface area contributed by atoms with Gasteiger partial charge in [0.15, 0.2) is 0 Å². The lowest BCUT2D eigenvalue weighted by Crippen LogP contribution is -2.44. The van der Waals surface area contributed by atoms with Crippen LogP contribution in [0.3, 0.4) is 0 Å². The number of hydrogen-bond donors (Lipinski definition) is 3. The van der Waals surface area contributed by atoms with Gasteiger partial charge in [0.1, 0.15) is 0 Å². The molecule has 1 aliphatic rings. The predicted octanol–water partition coefficient (Wildman–Crippen LogP) is 1.43. The summed E-state index contributed by atoms with van der Waals surface area (Å²) in [7, 11) is 0. The molecule has 19 heavy (non-hydrogen) atoms. The van der Waals surface area contributed by atoms with Gasteiger partial charge in [-0.3, -0.25) is 4.79 Å². The minimum absolute atomic E-state index is 0.0289. The molecule has 0 spiro atoms. The van der Waals surface area contributed by atoms with Crippen molar-refractivity contribution in [3.8, 4) is 0 Å². The van der Waals surface area contributed by atoms with Gasteiger partial charge in [0.2, 0.25) is 5.91 Å². The summed E-state index contributed by atoms with van der Waals surface area (Å²) in [6.45, 7) is 2.64. The van der Waals surface area contributed by atoms with E-state index < -0.39 is 5.60 Å². The second kappa shape index (κ2) is 5.84. The average molecular weight is 280 g/mol. The quantitative estimate of drug-likeness (QED) is 0.763.